The van der Waals surface area contributed by atoms with Crippen LogP contribution < -0.4 is 0 Å². The average Bonchev–Trinajstić information content (AvgIpc) is 3.28. The van der Waals surface area contributed by atoms with E-state index in [2.05, 4.69) is 39.9 Å². The first-order valence-electron chi connectivity index (χ1n) is 11.3. The number of likely N-dealkylation sites (N-methyl/N-ethyl adjacent to an activating group) is 1. The van der Waals surface area contributed by atoms with E-state index in [4.69, 9.17) is 4.74 Å². The third-order valence-corrected chi connectivity index (χ3v) is 7.08. The molecule has 4 heterocycles. The molecule has 6 heteroatoms. The molecule has 0 radical (unpaired) electrons. The van der Waals surface area contributed by atoms with Gasteiger partial charge in [-0.2, -0.15) is 0 Å². The molecule has 29 heavy (non-hydrogen) atoms. The van der Waals surface area contributed by atoms with Crippen molar-refractivity contribution in [3.8, 4) is 0 Å². The molecule has 1 amide bonds. The summed E-state index contributed by atoms with van der Waals surface area (Å²) in [5.74, 6) is 0.532. The molecule has 0 aliphatic carbocycles. The summed E-state index contributed by atoms with van der Waals surface area (Å²) >= 11 is 0. The third kappa shape index (κ3) is 5.16. The number of amides is 1. The van der Waals surface area contributed by atoms with Crippen LogP contribution in [-0.4, -0.2) is 84.1 Å². The van der Waals surface area contributed by atoms with Gasteiger partial charge in [0.15, 0.2) is 0 Å². The molecular weight excluding hydrogens is 364 g/mol. The number of aryl methyl sites for hydroxylation is 1. The second-order valence-electron chi connectivity index (χ2n) is 9.05. The number of aromatic nitrogens is 1. The summed E-state index contributed by atoms with van der Waals surface area (Å²) < 4.78 is 5.45. The molecule has 1 unspecified atom stereocenters. The predicted molar refractivity (Wildman–Crippen MR) is 114 cm³/mol. The number of pyridine rings is 1. The maximum atomic E-state index is 12.8. The largest absolute Gasteiger partial charge is 0.379 e. The molecule has 3 saturated heterocycles. The second kappa shape index (κ2) is 9.54. The number of likely N-dealkylation sites (tertiary alicyclic amines) is 2. The van der Waals surface area contributed by atoms with Crippen LogP contribution in [0.5, 0.6) is 0 Å². The van der Waals surface area contributed by atoms with Gasteiger partial charge in [-0.1, -0.05) is 6.07 Å². The molecule has 0 N–H and O–H groups in total. The number of piperidine rings is 2. The monoisotopic (exact) mass is 400 g/mol. The van der Waals surface area contributed by atoms with Crippen molar-refractivity contribution in [1.29, 1.82) is 0 Å². The number of hydrogen-bond donors (Lipinski definition) is 0. The number of carbonyl (C=O) groups is 1. The number of hydrogen-bond acceptors (Lipinski definition) is 5. The zero-order chi connectivity index (χ0) is 20.2. The zero-order valence-electron chi connectivity index (χ0n) is 18.1. The Morgan fingerprint density at radius 2 is 1.90 bits per heavy atom. The van der Waals surface area contributed by atoms with Crippen molar-refractivity contribution in [3.05, 3.63) is 29.6 Å². The Balaban J connectivity index is 1.20. The molecule has 0 bridgehead atoms. The molecule has 0 saturated carbocycles. The maximum absolute atomic E-state index is 12.8. The third-order valence-electron chi connectivity index (χ3n) is 7.08. The van der Waals surface area contributed by atoms with Gasteiger partial charge in [-0.15, -0.1) is 0 Å². The number of nitrogens with zero attached hydrogens (tertiary/aromatic N) is 4. The van der Waals surface area contributed by atoms with Crippen molar-refractivity contribution in [1.82, 2.24) is 19.7 Å². The highest BCUT2D eigenvalue weighted by Gasteiger charge is 2.34. The van der Waals surface area contributed by atoms with E-state index >= 15 is 0 Å². The van der Waals surface area contributed by atoms with Crippen LogP contribution in [0.4, 0.5) is 0 Å². The van der Waals surface area contributed by atoms with Crippen molar-refractivity contribution < 1.29 is 9.53 Å². The Labute approximate surface area is 175 Å². The van der Waals surface area contributed by atoms with Crippen LogP contribution in [0, 0.1) is 12.8 Å². The van der Waals surface area contributed by atoms with Gasteiger partial charge in [0.1, 0.15) is 0 Å². The molecule has 160 valence electrons. The van der Waals surface area contributed by atoms with Crippen LogP contribution in [0.1, 0.15) is 43.5 Å². The van der Waals surface area contributed by atoms with Gasteiger partial charge in [-0.25, -0.2) is 0 Å². The number of rotatable bonds is 5. The lowest BCUT2D eigenvalue weighted by Gasteiger charge is -2.42. The molecule has 1 atom stereocenters. The second-order valence-corrected chi connectivity index (χ2v) is 9.05. The van der Waals surface area contributed by atoms with Crippen molar-refractivity contribution >= 4 is 5.91 Å². The summed E-state index contributed by atoms with van der Waals surface area (Å²) in [7, 11) is 1.97. The van der Waals surface area contributed by atoms with E-state index in [1.807, 2.05) is 11.9 Å². The van der Waals surface area contributed by atoms with E-state index in [0.29, 0.717) is 18.6 Å². The molecule has 3 aliphatic heterocycles. The summed E-state index contributed by atoms with van der Waals surface area (Å²) in [6.45, 7) is 8.93. The van der Waals surface area contributed by atoms with Gasteiger partial charge in [0.2, 0.25) is 5.91 Å². The topological polar surface area (TPSA) is 48.9 Å². The van der Waals surface area contributed by atoms with E-state index < -0.39 is 0 Å². The Hall–Kier alpha value is -1.50. The standard InChI is InChI=1S/C23H36N4O2/c1-18-4-3-5-20(24-18)16-26-11-8-21(9-12-26)27-13-6-19(7-14-27)23(28)25(2)22-10-15-29-17-22/h3-5,19,21-22H,6-17H2,1-2H3. The molecule has 1 aromatic heterocycles. The van der Waals surface area contributed by atoms with Crippen LogP contribution in [0.15, 0.2) is 18.2 Å². The van der Waals surface area contributed by atoms with Crippen LogP contribution in [0.25, 0.3) is 0 Å². The Bertz CT molecular complexity index is 675. The number of carbonyl (C=O) groups excluding carboxylic acids is 1. The fraction of sp³-hybridized carbons (Fsp3) is 0.739. The number of ether oxygens (including phenoxy) is 1. The van der Waals surface area contributed by atoms with Gasteiger partial charge in [-0.05, 0) is 64.3 Å². The molecule has 1 aromatic rings. The zero-order valence-corrected chi connectivity index (χ0v) is 18.1. The molecule has 3 fully saturated rings. The lowest BCUT2D eigenvalue weighted by Crippen LogP contribution is -2.50. The molecule has 3 aliphatic rings. The minimum atomic E-state index is 0.198. The van der Waals surface area contributed by atoms with Crippen molar-refractivity contribution in [2.24, 2.45) is 5.92 Å². The van der Waals surface area contributed by atoms with Gasteiger partial charge >= 0.3 is 0 Å². The SMILES string of the molecule is Cc1cccc(CN2CCC(N3CCC(C(=O)N(C)C4CCOC4)CC3)CC2)n1. The smallest absolute Gasteiger partial charge is 0.225 e. The quantitative estimate of drug-likeness (QED) is 0.759. The van der Waals surface area contributed by atoms with Crippen LogP contribution in [-0.2, 0) is 16.1 Å². The van der Waals surface area contributed by atoms with Crippen molar-refractivity contribution in [2.75, 3.05) is 46.4 Å². The molecular formula is C23H36N4O2. The molecule has 4 rings (SSSR count). The van der Waals surface area contributed by atoms with Gasteiger partial charge in [-0.3, -0.25) is 14.7 Å². The average molecular weight is 401 g/mol. The Morgan fingerprint density at radius 3 is 2.55 bits per heavy atom. The van der Waals surface area contributed by atoms with E-state index in [0.717, 1.165) is 64.3 Å². The van der Waals surface area contributed by atoms with Crippen LogP contribution in [0.2, 0.25) is 0 Å². The van der Waals surface area contributed by atoms with Crippen LogP contribution in [0.3, 0.4) is 0 Å². The van der Waals surface area contributed by atoms with Gasteiger partial charge in [0.05, 0.1) is 18.3 Å². The summed E-state index contributed by atoms with van der Waals surface area (Å²) in [5, 5.41) is 0. The van der Waals surface area contributed by atoms with E-state index in [1.54, 1.807) is 0 Å². The summed E-state index contributed by atoms with van der Waals surface area (Å²) in [6.07, 6.45) is 5.44. The van der Waals surface area contributed by atoms with E-state index in [-0.39, 0.29) is 12.0 Å². The highest BCUT2D eigenvalue weighted by molar-refractivity contribution is 5.79. The highest BCUT2D eigenvalue weighted by Crippen LogP contribution is 2.26. The van der Waals surface area contributed by atoms with E-state index in [9.17, 15) is 4.79 Å². The van der Waals surface area contributed by atoms with Gasteiger partial charge < -0.3 is 14.5 Å². The minimum Gasteiger partial charge on any atom is -0.379 e. The predicted octanol–water partition coefficient (Wildman–Crippen LogP) is 2.31. The first-order chi connectivity index (χ1) is 14.1. The Kier molecular flexibility index (Phi) is 6.83. The molecule has 0 aromatic carbocycles. The Morgan fingerprint density at radius 1 is 1.14 bits per heavy atom. The lowest BCUT2D eigenvalue weighted by molar-refractivity contribution is -0.138. The van der Waals surface area contributed by atoms with Gasteiger partial charge in [0.25, 0.3) is 0 Å². The first-order valence-corrected chi connectivity index (χ1v) is 11.3. The van der Waals surface area contributed by atoms with Crippen LogP contribution >= 0.6 is 0 Å². The fourth-order valence-corrected chi connectivity index (χ4v) is 5.17. The maximum Gasteiger partial charge on any atom is 0.225 e. The normalized spacial score (nSPS) is 25.4. The molecule has 6 nitrogen and oxygen atoms in total. The molecule has 0 spiro atoms. The first kappa shape index (κ1) is 20.8. The van der Waals surface area contributed by atoms with Gasteiger partial charge in [0, 0.05) is 50.9 Å². The van der Waals surface area contributed by atoms with Crippen molar-refractivity contribution in [2.45, 2.75) is 57.7 Å². The minimum absolute atomic E-state index is 0.198. The summed E-state index contributed by atoms with van der Waals surface area (Å²) in [5.41, 5.74) is 2.28. The summed E-state index contributed by atoms with van der Waals surface area (Å²) in [4.78, 5) is 24.6. The highest BCUT2D eigenvalue weighted by atomic mass is 16.5. The van der Waals surface area contributed by atoms with E-state index in [1.165, 1.54) is 18.5 Å². The fourth-order valence-electron chi connectivity index (χ4n) is 5.17. The lowest BCUT2D eigenvalue weighted by atomic mass is 9.92. The summed E-state index contributed by atoms with van der Waals surface area (Å²) in [6, 6.07) is 7.26. The van der Waals surface area contributed by atoms with Crippen molar-refractivity contribution in [3.63, 3.8) is 0 Å².